The molecule has 72 valence electrons. The summed E-state index contributed by atoms with van der Waals surface area (Å²) < 4.78 is 0. The molecular weight excluding hydrogens is 150 g/mol. The molecule has 0 atom stereocenters. The zero-order valence-electron chi connectivity index (χ0n) is 8.65. The van der Waals surface area contributed by atoms with E-state index in [1.807, 2.05) is 0 Å². The molecule has 1 aliphatic carbocycles. The van der Waals surface area contributed by atoms with Crippen LogP contribution in [0.4, 0.5) is 0 Å². The molecular formula is C10H21NO. The van der Waals surface area contributed by atoms with Gasteiger partial charge in [0, 0.05) is 6.04 Å². The fourth-order valence-electron chi connectivity index (χ4n) is 2.70. The Morgan fingerprint density at radius 1 is 1.08 bits per heavy atom. The molecule has 0 radical (unpaired) electrons. The lowest BCUT2D eigenvalue weighted by atomic mass is 9.61. The van der Waals surface area contributed by atoms with Gasteiger partial charge in [-0.25, -0.2) is 5.48 Å². The van der Waals surface area contributed by atoms with Crippen molar-refractivity contribution in [3.05, 3.63) is 0 Å². The van der Waals surface area contributed by atoms with Crippen LogP contribution in [0, 0.1) is 10.8 Å². The van der Waals surface area contributed by atoms with Crippen molar-refractivity contribution in [2.75, 3.05) is 0 Å². The summed E-state index contributed by atoms with van der Waals surface area (Å²) in [6.45, 7) is 8.90. The van der Waals surface area contributed by atoms with Gasteiger partial charge in [-0.05, 0) is 23.7 Å². The second kappa shape index (κ2) is 3.00. The molecule has 0 aliphatic heterocycles. The van der Waals surface area contributed by atoms with E-state index in [9.17, 15) is 0 Å². The van der Waals surface area contributed by atoms with Crippen LogP contribution in [0.1, 0.15) is 47.0 Å². The van der Waals surface area contributed by atoms with Gasteiger partial charge >= 0.3 is 0 Å². The minimum absolute atomic E-state index is 0.219. The normalized spacial score (nSPS) is 28.8. The lowest BCUT2D eigenvalue weighted by Crippen LogP contribution is -2.52. The number of nitrogens with one attached hydrogen (secondary N) is 1. The molecule has 0 amide bonds. The van der Waals surface area contributed by atoms with Crippen LogP contribution in [0.3, 0.4) is 0 Å². The van der Waals surface area contributed by atoms with Crippen molar-refractivity contribution < 1.29 is 5.21 Å². The predicted octanol–water partition coefficient (Wildman–Crippen LogP) is 2.57. The van der Waals surface area contributed by atoms with E-state index in [1.54, 1.807) is 0 Å². The number of hydroxylamine groups is 1. The van der Waals surface area contributed by atoms with Crippen LogP contribution in [0.2, 0.25) is 0 Å². The summed E-state index contributed by atoms with van der Waals surface area (Å²) in [4.78, 5) is 0. The fourth-order valence-corrected chi connectivity index (χ4v) is 2.70. The van der Waals surface area contributed by atoms with Crippen molar-refractivity contribution in [2.24, 2.45) is 10.8 Å². The highest BCUT2D eigenvalue weighted by molar-refractivity contribution is 4.96. The van der Waals surface area contributed by atoms with E-state index in [0.29, 0.717) is 0 Å². The maximum Gasteiger partial charge on any atom is 0.0421 e. The average Bonchev–Trinajstić information content (AvgIpc) is 1.83. The molecule has 0 aromatic rings. The molecule has 0 bridgehead atoms. The van der Waals surface area contributed by atoms with E-state index in [-0.39, 0.29) is 16.9 Å². The fraction of sp³-hybridized carbons (Fsp3) is 1.00. The Hall–Kier alpha value is -0.0800. The van der Waals surface area contributed by atoms with Crippen LogP contribution in [0.5, 0.6) is 0 Å². The molecule has 2 nitrogen and oxygen atoms in total. The summed E-state index contributed by atoms with van der Waals surface area (Å²) in [5.41, 5.74) is 2.92. The highest BCUT2D eigenvalue weighted by Gasteiger charge is 2.43. The van der Waals surface area contributed by atoms with Gasteiger partial charge in [0.05, 0.1) is 0 Å². The molecule has 0 spiro atoms. The first-order valence-corrected chi connectivity index (χ1v) is 4.80. The van der Waals surface area contributed by atoms with E-state index in [1.165, 1.54) is 19.3 Å². The smallest absolute Gasteiger partial charge is 0.0421 e. The highest BCUT2D eigenvalue weighted by atomic mass is 16.5. The largest absolute Gasteiger partial charge is 0.317 e. The second-order valence-electron chi connectivity index (χ2n) is 5.39. The average molecular weight is 171 g/mol. The molecule has 0 aromatic carbocycles. The van der Waals surface area contributed by atoms with Gasteiger partial charge < -0.3 is 5.21 Å². The van der Waals surface area contributed by atoms with Crippen LogP contribution in [-0.4, -0.2) is 11.2 Å². The molecule has 1 rings (SSSR count). The van der Waals surface area contributed by atoms with Crippen molar-refractivity contribution in [3.63, 3.8) is 0 Å². The minimum atomic E-state index is 0.219. The second-order valence-corrected chi connectivity index (χ2v) is 5.39. The van der Waals surface area contributed by atoms with Crippen LogP contribution in [-0.2, 0) is 0 Å². The van der Waals surface area contributed by atoms with Crippen molar-refractivity contribution >= 4 is 0 Å². The van der Waals surface area contributed by atoms with E-state index in [2.05, 4.69) is 33.2 Å². The first kappa shape index (κ1) is 10.0. The Labute approximate surface area is 75.3 Å². The molecule has 12 heavy (non-hydrogen) atoms. The van der Waals surface area contributed by atoms with Crippen molar-refractivity contribution in [1.29, 1.82) is 0 Å². The molecule has 0 heterocycles. The van der Waals surface area contributed by atoms with Crippen molar-refractivity contribution in [1.82, 2.24) is 5.48 Å². The Morgan fingerprint density at radius 3 is 1.75 bits per heavy atom. The molecule has 0 saturated heterocycles. The van der Waals surface area contributed by atoms with E-state index >= 15 is 0 Å². The van der Waals surface area contributed by atoms with E-state index in [4.69, 9.17) is 5.21 Å². The first-order chi connectivity index (χ1) is 5.40. The Bertz CT molecular complexity index is 147. The van der Waals surface area contributed by atoms with Gasteiger partial charge in [0.15, 0.2) is 0 Å². The SMILES string of the molecule is CC1(C)CCCC(C)(C)C1NO. The van der Waals surface area contributed by atoms with Crippen molar-refractivity contribution in [2.45, 2.75) is 53.0 Å². The summed E-state index contributed by atoms with van der Waals surface area (Å²) in [6.07, 6.45) is 3.68. The molecule has 1 aliphatic rings. The van der Waals surface area contributed by atoms with Crippen LogP contribution >= 0.6 is 0 Å². The minimum Gasteiger partial charge on any atom is -0.317 e. The van der Waals surface area contributed by atoms with Gasteiger partial charge in [0.2, 0.25) is 0 Å². The molecule has 0 unspecified atom stereocenters. The summed E-state index contributed by atoms with van der Waals surface area (Å²) in [5, 5.41) is 9.11. The van der Waals surface area contributed by atoms with Gasteiger partial charge in [-0.3, -0.25) is 0 Å². The number of rotatable bonds is 1. The first-order valence-electron chi connectivity index (χ1n) is 4.80. The molecule has 1 fully saturated rings. The van der Waals surface area contributed by atoms with Gasteiger partial charge in [-0.1, -0.05) is 34.1 Å². The maximum absolute atomic E-state index is 9.11. The number of hydrogen-bond donors (Lipinski definition) is 2. The lowest BCUT2D eigenvalue weighted by molar-refractivity contribution is -0.0329. The molecule has 2 N–H and O–H groups in total. The van der Waals surface area contributed by atoms with Crippen molar-refractivity contribution in [3.8, 4) is 0 Å². The zero-order valence-corrected chi connectivity index (χ0v) is 8.65. The third-order valence-corrected chi connectivity index (χ3v) is 3.33. The zero-order chi connectivity index (χ0) is 9.41. The van der Waals surface area contributed by atoms with Gasteiger partial charge in [0.25, 0.3) is 0 Å². The quantitative estimate of drug-likeness (QED) is 0.594. The Kier molecular flexibility index (Phi) is 2.50. The third kappa shape index (κ3) is 1.64. The highest BCUT2D eigenvalue weighted by Crippen LogP contribution is 2.45. The summed E-state index contributed by atoms with van der Waals surface area (Å²) in [5.74, 6) is 0. The molecule has 1 saturated carbocycles. The molecule has 2 heteroatoms. The molecule has 0 aromatic heterocycles. The Balaban J connectivity index is 2.81. The topological polar surface area (TPSA) is 32.3 Å². The van der Waals surface area contributed by atoms with E-state index in [0.717, 1.165) is 0 Å². The summed E-state index contributed by atoms with van der Waals surface area (Å²) in [7, 11) is 0. The van der Waals surface area contributed by atoms with Crippen LogP contribution in [0.15, 0.2) is 0 Å². The van der Waals surface area contributed by atoms with Gasteiger partial charge in [-0.15, -0.1) is 0 Å². The van der Waals surface area contributed by atoms with Crippen LogP contribution in [0.25, 0.3) is 0 Å². The van der Waals surface area contributed by atoms with E-state index < -0.39 is 0 Å². The monoisotopic (exact) mass is 171 g/mol. The predicted molar refractivity (Wildman–Crippen MR) is 50.1 cm³/mol. The summed E-state index contributed by atoms with van der Waals surface area (Å²) >= 11 is 0. The van der Waals surface area contributed by atoms with Gasteiger partial charge in [0.1, 0.15) is 0 Å². The van der Waals surface area contributed by atoms with Crippen LogP contribution < -0.4 is 5.48 Å². The standard InChI is InChI=1S/C10H21NO/c1-9(2)6-5-7-10(3,4)8(9)11-12/h8,11-12H,5-7H2,1-4H3. The Morgan fingerprint density at radius 2 is 1.50 bits per heavy atom. The number of hydrogen-bond acceptors (Lipinski definition) is 2. The maximum atomic E-state index is 9.11. The van der Waals surface area contributed by atoms with Gasteiger partial charge in [-0.2, -0.15) is 0 Å². The lowest BCUT2D eigenvalue weighted by Gasteiger charge is -2.48. The summed E-state index contributed by atoms with van der Waals surface area (Å²) in [6, 6.07) is 0.221. The third-order valence-electron chi connectivity index (χ3n) is 3.33.